The summed E-state index contributed by atoms with van der Waals surface area (Å²) in [5.74, 6) is 1.04. The Bertz CT molecular complexity index is 757. The number of nitrogens with one attached hydrogen (secondary N) is 2. The van der Waals surface area contributed by atoms with Gasteiger partial charge in [-0.1, -0.05) is 42.0 Å². The van der Waals surface area contributed by atoms with E-state index in [-0.39, 0.29) is 5.91 Å². The van der Waals surface area contributed by atoms with Gasteiger partial charge in [0.1, 0.15) is 5.82 Å². The number of para-hydroxylation sites is 2. The van der Waals surface area contributed by atoms with Crippen LogP contribution in [0, 0.1) is 6.92 Å². The quantitative estimate of drug-likeness (QED) is 0.687. The Morgan fingerprint density at radius 3 is 2.70 bits per heavy atom. The van der Waals surface area contributed by atoms with Crippen molar-refractivity contribution in [3.05, 3.63) is 65.5 Å². The van der Waals surface area contributed by atoms with Crippen molar-refractivity contribution < 1.29 is 4.79 Å². The van der Waals surface area contributed by atoms with Crippen LogP contribution in [0.3, 0.4) is 0 Å². The minimum Gasteiger partial charge on any atom is -0.356 e. The smallest absolute Gasteiger partial charge is 0.224 e. The number of rotatable bonds is 6. The number of benzene rings is 2. The third kappa shape index (κ3) is 4.19. The van der Waals surface area contributed by atoms with Gasteiger partial charge in [-0.15, -0.1) is 0 Å². The molecule has 1 heterocycles. The van der Waals surface area contributed by atoms with Gasteiger partial charge in [0.25, 0.3) is 0 Å². The molecule has 0 saturated heterocycles. The van der Waals surface area contributed by atoms with Gasteiger partial charge in [-0.25, -0.2) is 4.98 Å². The zero-order valence-electron chi connectivity index (χ0n) is 13.3. The van der Waals surface area contributed by atoms with Crippen LogP contribution in [-0.4, -0.2) is 22.4 Å². The molecular weight excluding hydrogens is 286 g/mol. The van der Waals surface area contributed by atoms with E-state index in [0.717, 1.165) is 35.3 Å². The fourth-order valence-electron chi connectivity index (χ4n) is 2.56. The molecule has 0 aliphatic carbocycles. The number of carbonyl (C=O) groups excluding carboxylic acids is 1. The molecule has 1 aromatic heterocycles. The number of aromatic nitrogens is 2. The van der Waals surface area contributed by atoms with E-state index >= 15 is 0 Å². The minimum absolute atomic E-state index is 0.0680. The number of fused-ring (bicyclic) bond motifs is 1. The van der Waals surface area contributed by atoms with Gasteiger partial charge in [0.2, 0.25) is 5.91 Å². The first-order valence-electron chi connectivity index (χ1n) is 7.96. The maximum absolute atomic E-state index is 11.9. The summed E-state index contributed by atoms with van der Waals surface area (Å²) in [5, 5.41) is 2.97. The van der Waals surface area contributed by atoms with Crippen LogP contribution >= 0.6 is 0 Å². The lowest BCUT2D eigenvalue weighted by molar-refractivity contribution is -0.120. The second-order valence-corrected chi connectivity index (χ2v) is 5.82. The van der Waals surface area contributed by atoms with Crippen molar-refractivity contribution in [1.82, 2.24) is 15.3 Å². The number of nitrogens with zero attached hydrogens (tertiary/aromatic N) is 1. The Hall–Kier alpha value is -2.62. The molecule has 0 spiro atoms. The fourth-order valence-corrected chi connectivity index (χ4v) is 2.56. The first kappa shape index (κ1) is 15.3. The average Bonchev–Trinajstić information content (AvgIpc) is 2.96. The summed E-state index contributed by atoms with van der Waals surface area (Å²) >= 11 is 0. The van der Waals surface area contributed by atoms with E-state index in [1.165, 1.54) is 5.56 Å². The van der Waals surface area contributed by atoms with E-state index in [4.69, 9.17) is 0 Å². The second-order valence-electron chi connectivity index (χ2n) is 5.82. The molecule has 3 rings (SSSR count). The third-order valence-corrected chi connectivity index (χ3v) is 3.84. The lowest BCUT2D eigenvalue weighted by Gasteiger charge is -2.05. The topological polar surface area (TPSA) is 57.8 Å². The molecule has 0 aliphatic heterocycles. The van der Waals surface area contributed by atoms with Crippen molar-refractivity contribution in [3.8, 4) is 0 Å². The number of imidazole rings is 1. The van der Waals surface area contributed by atoms with E-state index in [9.17, 15) is 4.79 Å². The van der Waals surface area contributed by atoms with Crippen LogP contribution < -0.4 is 5.32 Å². The van der Waals surface area contributed by atoms with Gasteiger partial charge < -0.3 is 10.3 Å². The number of carbonyl (C=O) groups is 1. The molecule has 4 heteroatoms. The van der Waals surface area contributed by atoms with Crippen LogP contribution in [0.15, 0.2) is 48.5 Å². The number of aryl methyl sites for hydroxylation is 2. The lowest BCUT2D eigenvalue weighted by atomic mass is 10.1. The summed E-state index contributed by atoms with van der Waals surface area (Å²) in [7, 11) is 0. The maximum Gasteiger partial charge on any atom is 0.224 e. The maximum atomic E-state index is 11.9. The summed E-state index contributed by atoms with van der Waals surface area (Å²) in [5.41, 5.74) is 4.31. The van der Waals surface area contributed by atoms with Gasteiger partial charge in [0.15, 0.2) is 0 Å². The van der Waals surface area contributed by atoms with E-state index in [2.05, 4.69) is 15.3 Å². The SMILES string of the molecule is Cc1ccc(CC(=O)NCCCc2nc3ccccc3[nH]2)cc1. The van der Waals surface area contributed by atoms with Crippen molar-refractivity contribution in [2.45, 2.75) is 26.2 Å². The van der Waals surface area contributed by atoms with Crippen molar-refractivity contribution in [2.75, 3.05) is 6.54 Å². The van der Waals surface area contributed by atoms with Gasteiger partial charge in [0.05, 0.1) is 17.5 Å². The Morgan fingerprint density at radius 1 is 1.13 bits per heavy atom. The van der Waals surface area contributed by atoms with Gasteiger partial charge in [-0.3, -0.25) is 4.79 Å². The highest BCUT2D eigenvalue weighted by atomic mass is 16.1. The predicted octanol–water partition coefficient (Wildman–Crippen LogP) is 3.16. The van der Waals surface area contributed by atoms with Gasteiger partial charge in [-0.2, -0.15) is 0 Å². The van der Waals surface area contributed by atoms with Crippen molar-refractivity contribution in [3.63, 3.8) is 0 Å². The number of amides is 1. The Balaban J connectivity index is 1.42. The number of hydrogen-bond donors (Lipinski definition) is 2. The largest absolute Gasteiger partial charge is 0.356 e. The van der Waals surface area contributed by atoms with E-state index in [1.54, 1.807) is 0 Å². The minimum atomic E-state index is 0.0680. The van der Waals surface area contributed by atoms with Crippen LogP contribution in [0.25, 0.3) is 11.0 Å². The van der Waals surface area contributed by atoms with Crippen LogP contribution in [0.2, 0.25) is 0 Å². The van der Waals surface area contributed by atoms with Gasteiger partial charge in [0, 0.05) is 13.0 Å². The molecule has 118 valence electrons. The molecule has 3 aromatic rings. The molecule has 0 unspecified atom stereocenters. The van der Waals surface area contributed by atoms with E-state index < -0.39 is 0 Å². The first-order chi connectivity index (χ1) is 11.2. The van der Waals surface area contributed by atoms with E-state index in [0.29, 0.717) is 13.0 Å². The van der Waals surface area contributed by atoms with Crippen LogP contribution in [0.1, 0.15) is 23.4 Å². The highest BCUT2D eigenvalue weighted by molar-refractivity contribution is 5.78. The van der Waals surface area contributed by atoms with Crippen LogP contribution in [0.5, 0.6) is 0 Å². The molecule has 0 radical (unpaired) electrons. The highest BCUT2D eigenvalue weighted by Gasteiger charge is 2.04. The Labute approximate surface area is 136 Å². The molecule has 2 aromatic carbocycles. The fraction of sp³-hybridized carbons (Fsp3) is 0.263. The predicted molar refractivity (Wildman–Crippen MR) is 92.3 cm³/mol. The molecule has 0 bridgehead atoms. The van der Waals surface area contributed by atoms with E-state index in [1.807, 2.05) is 55.5 Å². The zero-order chi connectivity index (χ0) is 16.1. The molecule has 0 atom stereocenters. The Morgan fingerprint density at radius 2 is 1.91 bits per heavy atom. The zero-order valence-corrected chi connectivity index (χ0v) is 13.3. The van der Waals surface area contributed by atoms with Gasteiger partial charge in [-0.05, 0) is 31.0 Å². The molecule has 2 N–H and O–H groups in total. The number of aromatic amines is 1. The number of hydrogen-bond acceptors (Lipinski definition) is 2. The lowest BCUT2D eigenvalue weighted by Crippen LogP contribution is -2.26. The highest BCUT2D eigenvalue weighted by Crippen LogP contribution is 2.11. The summed E-state index contributed by atoms with van der Waals surface area (Å²) < 4.78 is 0. The summed E-state index contributed by atoms with van der Waals surface area (Å²) in [4.78, 5) is 19.8. The van der Waals surface area contributed by atoms with Crippen LogP contribution in [0.4, 0.5) is 0 Å². The molecule has 1 amide bonds. The van der Waals surface area contributed by atoms with Crippen molar-refractivity contribution >= 4 is 16.9 Å². The summed E-state index contributed by atoms with van der Waals surface area (Å²) in [6.45, 7) is 2.71. The molecule has 23 heavy (non-hydrogen) atoms. The number of H-pyrrole nitrogens is 1. The molecule has 0 saturated carbocycles. The molecule has 0 fully saturated rings. The van der Waals surface area contributed by atoms with Crippen molar-refractivity contribution in [2.24, 2.45) is 0 Å². The third-order valence-electron chi connectivity index (χ3n) is 3.84. The molecule has 4 nitrogen and oxygen atoms in total. The van der Waals surface area contributed by atoms with Gasteiger partial charge >= 0.3 is 0 Å². The standard InChI is InChI=1S/C19H21N3O/c1-14-8-10-15(11-9-14)13-19(23)20-12-4-7-18-21-16-5-2-3-6-17(16)22-18/h2-3,5-6,8-11H,4,7,12-13H2,1H3,(H,20,23)(H,21,22). The summed E-state index contributed by atoms with van der Waals surface area (Å²) in [6.07, 6.45) is 2.14. The second kappa shape index (κ2) is 7.09. The average molecular weight is 307 g/mol. The molecule has 0 aliphatic rings. The van der Waals surface area contributed by atoms with Crippen molar-refractivity contribution in [1.29, 1.82) is 0 Å². The Kier molecular flexibility index (Phi) is 4.71. The first-order valence-corrected chi connectivity index (χ1v) is 7.96. The van der Waals surface area contributed by atoms with Crippen LogP contribution in [-0.2, 0) is 17.6 Å². The summed E-state index contributed by atoms with van der Waals surface area (Å²) in [6, 6.07) is 16.1. The monoisotopic (exact) mass is 307 g/mol. The molecular formula is C19H21N3O. The normalized spacial score (nSPS) is 10.8.